The molecule has 0 saturated carbocycles. The molecular formula is C56H46N4O. The summed E-state index contributed by atoms with van der Waals surface area (Å²) < 4.78 is 9.00. The van der Waals surface area contributed by atoms with Crippen molar-refractivity contribution in [3.63, 3.8) is 0 Å². The summed E-state index contributed by atoms with van der Waals surface area (Å²) in [6.07, 6.45) is 1.86. The van der Waals surface area contributed by atoms with E-state index in [-0.39, 0.29) is 10.8 Å². The van der Waals surface area contributed by atoms with Crippen LogP contribution in [0.1, 0.15) is 52.7 Å². The summed E-state index contributed by atoms with van der Waals surface area (Å²) in [6.45, 7) is 13.7. The van der Waals surface area contributed by atoms with Crippen LogP contribution in [0.4, 0.5) is 0 Å². The summed E-state index contributed by atoms with van der Waals surface area (Å²) in [5.41, 5.74) is 16.6. The van der Waals surface area contributed by atoms with E-state index in [1.807, 2.05) is 30.5 Å². The Kier molecular flexibility index (Phi) is 8.24. The number of aromatic nitrogens is 4. The number of furan rings is 1. The molecule has 0 radical (unpaired) electrons. The lowest BCUT2D eigenvalue weighted by atomic mass is 9.84. The van der Waals surface area contributed by atoms with Crippen molar-refractivity contribution in [3.05, 3.63) is 175 Å². The van der Waals surface area contributed by atoms with Gasteiger partial charge in [0, 0.05) is 55.5 Å². The van der Waals surface area contributed by atoms with Crippen LogP contribution in [0.25, 0.3) is 105 Å². The van der Waals surface area contributed by atoms with E-state index in [1.165, 1.54) is 21.9 Å². The van der Waals surface area contributed by atoms with Gasteiger partial charge in [0.15, 0.2) is 0 Å². The fourth-order valence-corrected chi connectivity index (χ4v) is 9.10. The predicted octanol–water partition coefficient (Wildman–Crippen LogP) is 15.2. The van der Waals surface area contributed by atoms with Crippen molar-refractivity contribution in [1.29, 1.82) is 0 Å². The molecule has 61 heavy (non-hydrogen) atoms. The number of rotatable bonds is 5. The number of para-hydroxylation sites is 3. The molecule has 0 saturated heterocycles. The molecule has 0 aliphatic carbocycles. The zero-order chi connectivity index (χ0) is 41.6. The number of pyridine rings is 1. The van der Waals surface area contributed by atoms with Gasteiger partial charge < -0.3 is 9.40 Å². The van der Waals surface area contributed by atoms with Crippen LogP contribution in [0.15, 0.2) is 168 Å². The molecule has 0 aliphatic heterocycles. The highest BCUT2D eigenvalue weighted by atomic mass is 16.3. The van der Waals surface area contributed by atoms with E-state index in [0.717, 1.165) is 94.6 Å². The van der Waals surface area contributed by atoms with Crippen molar-refractivity contribution in [2.24, 2.45) is 0 Å². The normalized spacial score (nSPS) is 12.4. The maximum Gasteiger partial charge on any atom is 0.147 e. The number of nitrogens with zero attached hydrogens (tertiary/aromatic N) is 3. The SMILES string of the molecule is CC(C)(C)c1ccc2[nH]c3c(-c4nc5c(-c6cc(-c7ccccn7)c7c(c6)oc6ccccc67)cccc5n4-c4ccccc4-c4ccccc4)cc(C(C)(C)C)cc3c2c1. The average Bonchev–Trinajstić information content (AvgIpc) is 3.97. The number of imidazole rings is 1. The van der Waals surface area contributed by atoms with E-state index in [1.54, 1.807) is 0 Å². The molecule has 4 aromatic heterocycles. The lowest BCUT2D eigenvalue weighted by Gasteiger charge is -2.21. The lowest BCUT2D eigenvalue weighted by molar-refractivity contribution is 0.590. The summed E-state index contributed by atoms with van der Waals surface area (Å²) in [5, 5.41) is 4.56. The Balaban J connectivity index is 1.26. The second-order valence-electron chi connectivity index (χ2n) is 18.4. The second kappa shape index (κ2) is 13.7. The van der Waals surface area contributed by atoms with Crippen molar-refractivity contribution in [1.82, 2.24) is 19.5 Å². The van der Waals surface area contributed by atoms with Crippen molar-refractivity contribution >= 4 is 54.8 Å². The van der Waals surface area contributed by atoms with Gasteiger partial charge in [-0.05, 0) is 99.8 Å². The van der Waals surface area contributed by atoms with Gasteiger partial charge in [-0.25, -0.2) is 4.98 Å². The first-order chi connectivity index (χ1) is 29.5. The van der Waals surface area contributed by atoms with Crippen molar-refractivity contribution < 1.29 is 4.42 Å². The first-order valence-corrected chi connectivity index (χ1v) is 21.2. The highest BCUT2D eigenvalue weighted by Crippen LogP contribution is 2.45. The minimum atomic E-state index is -0.123. The Hall–Kier alpha value is -7.24. The molecule has 11 aromatic rings. The molecule has 0 unspecified atom stereocenters. The molecule has 0 aliphatic rings. The summed E-state index contributed by atoms with van der Waals surface area (Å²) in [5.74, 6) is 0.874. The zero-order valence-electron chi connectivity index (χ0n) is 35.3. The highest BCUT2D eigenvalue weighted by molar-refractivity contribution is 6.15. The van der Waals surface area contributed by atoms with Gasteiger partial charge >= 0.3 is 0 Å². The van der Waals surface area contributed by atoms with Gasteiger partial charge in [0.05, 0.1) is 27.9 Å². The Labute approximate surface area is 355 Å². The van der Waals surface area contributed by atoms with Crippen molar-refractivity contribution in [3.8, 4) is 50.6 Å². The Morgan fingerprint density at radius 3 is 2.07 bits per heavy atom. The summed E-state index contributed by atoms with van der Waals surface area (Å²) in [4.78, 5) is 14.5. The third-order valence-corrected chi connectivity index (χ3v) is 12.3. The maximum atomic E-state index is 6.61. The van der Waals surface area contributed by atoms with Gasteiger partial charge in [-0.3, -0.25) is 9.55 Å². The van der Waals surface area contributed by atoms with Gasteiger partial charge in [0.25, 0.3) is 0 Å². The first kappa shape index (κ1) is 36.8. The number of H-pyrrole nitrogens is 1. The van der Waals surface area contributed by atoms with Gasteiger partial charge in [-0.15, -0.1) is 0 Å². The fourth-order valence-electron chi connectivity index (χ4n) is 9.10. The van der Waals surface area contributed by atoms with Crippen molar-refractivity contribution in [2.75, 3.05) is 0 Å². The van der Waals surface area contributed by atoms with Gasteiger partial charge in [-0.2, -0.15) is 0 Å². The summed E-state index contributed by atoms with van der Waals surface area (Å²) >= 11 is 0. The molecule has 5 nitrogen and oxygen atoms in total. The summed E-state index contributed by atoms with van der Waals surface area (Å²) in [7, 11) is 0. The molecule has 0 amide bonds. The van der Waals surface area contributed by atoms with E-state index in [4.69, 9.17) is 14.4 Å². The number of hydrogen-bond acceptors (Lipinski definition) is 3. The molecule has 0 atom stereocenters. The minimum absolute atomic E-state index is 0.00953. The van der Waals surface area contributed by atoms with E-state index in [9.17, 15) is 0 Å². The average molecular weight is 791 g/mol. The van der Waals surface area contributed by atoms with Crippen LogP contribution in [0.2, 0.25) is 0 Å². The van der Waals surface area contributed by atoms with Crippen LogP contribution < -0.4 is 0 Å². The first-order valence-electron chi connectivity index (χ1n) is 21.2. The topological polar surface area (TPSA) is 59.6 Å². The van der Waals surface area contributed by atoms with Crippen molar-refractivity contribution in [2.45, 2.75) is 52.4 Å². The molecule has 0 fully saturated rings. The molecule has 7 aromatic carbocycles. The highest BCUT2D eigenvalue weighted by Gasteiger charge is 2.27. The van der Waals surface area contributed by atoms with Crippen LogP contribution in [-0.4, -0.2) is 19.5 Å². The molecule has 11 rings (SSSR count). The van der Waals surface area contributed by atoms with Gasteiger partial charge in [0.2, 0.25) is 0 Å². The van der Waals surface area contributed by atoms with E-state index < -0.39 is 0 Å². The van der Waals surface area contributed by atoms with E-state index >= 15 is 0 Å². The van der Waals surface area contributed by atoms with E-state index in [2.05, 4.69) is 185 Å². The molecule has 5 heteroatoms. The zero-order valence-corrected chi connectivity index (χ0v) is 35.3. The smallest absolute Gasteiger partial charge is 0.147 e. The monoisotopic (exact) mass is 790 g/mol. The Morgan fingerprint density at radius 2 is 1.26 bits per heavy atom. The van der Waals surface area contributed by atoms with Crippen LogP contribution in [0.3, 0.4) is 0 Å². The third kappa shape index (κ3) is 6.06. The molecular weight excluding hydrogens is 745 g/mol. The predicted molar refractivity (Wildman–Crippen MR) is 255 cm³/mol. The Morgan fingerprint density at radius 1 is 0.525 bits per heavy atom. The van der Waals surface area contributed by atoms with Crippen LogP contribution in [-0.2, 0) is 10.8 Å². The molecule has 4 heterocycles. The van der Waals surface area contributed by atoms with E-state index in [0.29, 0.717) is 0 Å². The Bertz CT molecular complexity index is 3480. The number of nitrogens with one attached hydrogen (secondary N) is 1. The third-order valence-electron chi connectivity index (χ3n) is 12.3. The minimum Gasteiger partial charge on any atom is -0.456 e. The van der Waals surface area contributed by atoms with Crippen LogP contribution in [0, 0.1) is 0 Å². The number of aromatic amines is 1. The quantitative estimate of drug-likeness (QED) is 0.189. The van der Waals surface area contributed by atoms with Gasteiger partial charge in [0.1, 0.15) is 17.0 Å². The lowest BCUT2D eigenvalue weighted by Crippen LogP contribution is -2.11. The number of fused-ring (bicyclic) bond motifs is 7. The molecule has 296 valence electrons. The number of hydrogen-bond donors (Lipinski definition) is 1. The van der Waals surface area contributed by atoms with Gasteiger partial charge in [-0.1, -0.05) is 133 Å². The number of benzene rings is 7. The second-order valence-corrected chi connectivity index (χ2v) is 18.4. The summed E-state index contributed by atoms with van der Waals surface area (Å²) in [6, 6.07) is 56.4. The maximum absolute atomic E-state index is 6.61. The largest absolute Gasteiger partial charge is 0.456 e. The molecule has 0 spiro atoms. The standard InChI is InChI=1S/C56H46N4O/c1-55(2,3)36-26-27-46-41(31-36)42-32-37(56(4,5)6)33-44(52(42)58-46)54-59-53-39(21-16-24-48(53)60(54)47-23-12-10-19-38(47)34-17-8-7-9-18-34)35-29-43(45-22-14-15-28-57-45)51-40-20-11-13-25-49(40)61-50(51)30-35/h7-33,58H,1-6H3. The fraction of sp³-hybridized carbons (Fsp3) is 0.143. The van der Waals surface area contributed by atoms with Crippen LogP contribution in [0.5, 0.6) is 0 Å². The molecule has 0 bridgehead atoms. The van der Waals surface area contributed by atoms with Crippen LogP contribution >= 0.6 is 0 Å². The molecule has 1 N–H and O–H groups in total.